The number of anilines is 2. The predicted molar refractivity (Wildman–Crippen MR) is 85.2 cm³/mol. The Labute approximate surface area is 130 Å². The third-order valence-corrected chi connectivity index (χ3v) is 4.46. The third kappa shape index (κ3) is 4.35. The number of amides is 1. The van der Waals surface area contributed by atoms with Gasteiger partial charge in [-0.05, 0) is 51.5 Å². The fourth-order valence-electron chi connectivity index (χ4n) is 2.02. The molecule has 1 saturated heterocycles. The fraction of sp³-hybridized carbons (Fsp3) is 0.500. The number of rotatable bonds is 2. The zero-order valence-electron chi connectivity index (χ0n) is 12.9. The van der Waals surface area contributed by atoms with Crippen LogP contribution in [0.5, 0.6) is 0 Å². The first-order chi connectivity index (χ1) is 10.2. The third-order valence-electron chi connectivity index (χ3n) is 2.91. The first-order valence-electron chi connectivity index (χ1n) is 7.05. The Kier molecular flexibility index (Phi) is 4.62. The summed E-state index contributed by atoms with van der Waals surface area (Å²) in [6.07, 6.45) is 0.199. The van der Waals surface area contributed by atoms with E-state index in [4.69, 9.17) is 4.74 Å². The van der Waals surface area contributed by atoms with Crippen molar-refractivity contribution in [2.75, 3.05) is 22.7 Å². The van der Waals surface area contributed by atoms with E-state index in [1.54, 1.807) is 45.0 Å². The molecule has 8 heteroatoms. The molecule has 0 atom stereocenters. The summed E-state index contributed by atoms with van der Waals surface area (Å²) >= 11 is 0. The molecule has 1 fully saturated rings. The number of nitrogens with one attached hydrogen (secondary N) is 2. The maximum absolute atomic E-state index is 11.9. The summed E-state index contributed by atoms with van der Waals surface area (Å²) in [6, 6.07) is 6.58. The minimum atomic E-state index is -3.47. The molecule has 0 unspecified atom stereocenters. The molecule has 1 aliphatic heterocycles. The van der Waals surface area contributed by atoms with Gasteiger partial charge in [0.05, 0.1) is 5.69 Å². The van der Waals surface area contributed by atoms with Crippen LogP contribution in [-0.4, -0.2) is 33.2 Å². The lowest BCUT2D eigenvalue weighted by molar-refractivity contribution is 0.0636. The quantitative estimate of drug-likeness (QED) is 0.870. The highest BCUT2D eigenvalue weighted by atomic mass is 32.2. The van der Waals surface area contributed by atoms with E-state index in [2.05, 4.69) is 10.0 Å². The molecular weight excluding hydrogens is 306 g/mol. The summed E-state index contributed by atoms with van der Waals surface area (Å²) in [5.41, 5.74) is 0.528. The van der Waals surface area contributed by atoms with Crippen LogP contribution >= 0.6 is 0 Å². The van der Waals surface area contributed by atoms with Crippen LogP contribution in [0.25, 0.3) is 0 Å². The van der Waals surface area contributed by atoms with E-state index in [-0.39, 0.29) is 0 Å². The van der Waals surface area contributed by atoms with Gasteiger partial charge in [0, 0.05) is 18.8 Å². The van der Waals surface area contributed by atoms with E-state index in [0.29, 0.717) is 24.5 Å². The van der Waals surface area contributed by atoms with Crippen LogP contribution in [0.1, 0.15) is 27.2 Å². The molecule has 0 bridgehead atoms. The Morgan fingerprint density at radius 2 is 1.91 bits per heavy atom. The molecule has 0 saturated carbocycles. The van der Waals surface area contributed by atoms with Crippen molar-refractivity contribution in [1.29, 1.82) is 0 Å². The Morgan fingerprint density at radius 3 is 2.45 bits per heavy atom. The van der Waals surface area contributed by atoms with E-state index in [1.165, 1.54) is 4.31 Å². The average molecular weight is 327 g/mol. The lowest BCUT2D eigenvalue weighted by atomic mass is 10.2. The van der Waals surface area contributed by atoms with Gasteiger partial charge in [0.15, 0.2) is 0 Å². The summed E-state index contributed by atoms with van der Waals surface area (Å²) in [7, 11) is -3.47. The molecule has 0 radical (unpaired) electrons. The standard InChI is InChI=1S/C14H21N3O4S/c1-14(2,3)21-13(18)16-11-5-7-12(8-6-11)17-10-4-9-15-22(17,19)20/h5-8,15H,4,9-10H2,1-3H3,(H,16,18). The monoisotopic (exact) mass is 327 g/mol. The first-order valence-corrected chi connectivity index (χ1v) is 8.49. The van der Waals surface area contributed by atoms with Crippen LogP contribution in [0.2, 0.25) is 0 Å². The first kappa shape index (κ1) is 16.6. The maximum atomic E-state index is 11.9. The highest BCUT2D eigenvalue weighted by Crippen LogP contribution is 2.22. The number of carbonyl (C=O) groups is 1. The van der Waals surface area contributed by atoms with Crippen LogP contribution in [0.3, 0.4) is 0 Å². The van der Waals surface area contributed by atoms with Crippen LogP contribution < -0.4 is 14.3 Å². The van der Waals surface area contributed by atoms with Crippen molar-refractivity contribution < 1.29 is 17.9 Å². The van der Waals surface area contributed by atoms with Crippen molar-refractivity contribution in [1.82, 2.24) is 4.72 Å². The van der Waals surface area contributed by atoms with E-state index in [0.717, 1.165) is 6.42 Å². The highest BCUT2D eigenvalue weighted by molar-refractivity contribution is 7.90. The van der Waals surface area contributed by atoms with Crippen LogP contribution in [0.4, 0.5) is 16.2 Å². The fourth-order valence-corrected chi connectivity index (χ4v) is 3.35. The highest BCUT2D eigenvalue weighted by Gasteiger charge is 2.25. The summed E-state index contributed by atoms with van der Waals surface area (Å²) < 4.78 is 32.8. The average Bonchev–Trinajstić information content (AvgIpc) is 2.37. The lowest BCUT2D eigenvalue weighted by Gasteiger charge is -2.28. The van der Waals surface area contributed by atoms with Crippen molar-refractivity contribution in [3.05, 3.63) is 24.3 Å². The molecule has 22 heavy (non-hydrogen) atoms. The van der Waals surface area contributed by atoms with Crippen molar-refractivity contribution in [2.45, 2.75) is 32.8 Å². The summed E-state index contributed by atoms with van der Waals surface area (Å²) in [6.45, 7) is 6.24. The molecule has 7 nitrogen and oxygen atoms in total. The van der Waals surface area contributed by atoms with Crippen LogP contribution in [0.15, 0.2) is 24.3 Å². The van der Waals surface area contributed by atoms with Crippen LogP contribution in [-0.2, 0) is 14.9 Å². The minimum Gasteiger partial charge on any atom is -0.444 e. The van der Waals surface area contributed by atoms with E-state index < -0.39 is 21.9 Å². The molecule has 1 amide bonds. The number of hydrogen-bond donors (Lipinski definition) is 2. The molecule has 1 aromatic rings. The van der Waals surface area contributed by atoms with Gasteiger partial charge in [0.1, 0.15) is 5.60 Å². The summed E-state index contributed by atoms with van der Waals surface area (Å²) in [4.78, 5) is 11.7. The van der Waals surface area contributed by atoms with Gasteiger partial charge in [-0.25, -0.2) is 4.79 Å². The van der Waals surface area contributed by atoms with E-state index in [9.17, 15) is 13.2 Å². The molecule has 2 rings (SSSR count). The molecular formula is C14H21N3O4S. The van der Waals surface area contributed by atoms with Crippen LogP contribution in [0, 0.1) is 0 Å². The number of carbonyl (C=O) groups excluding carboxylic acids is 1. The topological polar surface area (TPSA) is 87.7 Å². The Hall–Kier alpha value is -1.80. The molecule has 0 spiro atoms. The number of ether oxygens (including phenoxy) is 1. The Balaban J connectivity index is 2.06. The van der Waals surface area contributed by atoms with Gasteiger partial charge in [-0.15, -0.1) is 0 Å². The van der Waals surface area contributed by atoms with Crippen molar-refractivity contribution in [3.8, 4) is 0 Å². The molecule has 122 valence electrons. The number of hydrogen-bond acceptors (Lipinski definition) is 4. The Bertz CT molecular complexity index is 635. The lowest BCUT2D eigenvalue weighted by Crippen LogP contribution is -2.47. The Morgan fingerprint density at radius 1 is 1.27 bits per heavy atom. The number of nitrogens with zero attached hydrogens (tertiary/aromatic N) is 1. The molecule has 1 aromatic carbocycles. The molecule has 1 aliphatic rings. The van der Waals surface area contributed by atoms with Crippen molar-refractivity contribution in [3.63, 3.8) is 0 Å². The zero-order valence-corrected chi connectivity index (χ0v) is 13.7. The van der Waals surface area contributed by atoms with Crippen molar-refractivity contribution in [2.24, 2.45) is 0 Å². The van der Waals surface area contributed by atoms with Gasteiger partial charge in [0.2, 0.25) is 0 Å². The zero-order chi connectivity index (χ0) is 16.4. The van der Waals surface area contributed by atoms with Gasteiger partial charge in [-0.3, -0.25) is 9.62 Å². The maximum Gasteiger partial charge on any atom is 0.412 e. The van der Waals surface area contributed by atoms with Gasteiger partial charge in [0.25, 0.3) is 0 Å². The normalized spacial score (nSPS) is 17.9. The number of benzene rings is 1. The van der Waals surface area contributed by atoms with Gasteiger partial charge in [-0.2, -0.15) is 13.1 Å². The smallest absolute Gasteiger partial charge is 0.412 e. The largest absolute Gasteiger partial charge is 0.444 e. The van der Waals surface area contributed by atoms with E-state index in [1.807, 2.05) is 0 Å². The molecule has 0 aromatic heterocycles. The molecule has 2 N–H and O–H groups in total. The summed E-state index contributed by atoms with van der Waals surface area (Å²) in [5.74, 6) is 0. The second-order valence-corrected chi connectivity index (χ2v) is 7.68. The van der Waals surface area contributed by atoms with Crippen molar-refractivity contribution >= 4 is 27.7 Å². The van der Waals surface area contributed by atoms with E-state index >= 15 is 0 Å². The minimum absolute atomic E-state index is 0.439. The van der Waals surface area contributed by atoms with Gasteiger partial charge >= 0.3 is 16.3 Å². The molecule has 1 heterocycles. The predicted octanol–water partition coefficient (Wildman–Crippen LogP) is 2.08. The summed E-state index contributed by atoms with van der Waals surface area (Å²) in [5, 5.41) is 2.60. The molecule has 0 aliphatic carbocycles. The van der Waals surface area contributed by atoms with Gasteiger partial charge in [-0.1, -0.05) is 0 Å². The second-order valence-electron chi connectivity index (χ2n) is 6.00. The SMILES string of the molecule is CC(C)(C)OC(=O)Nc1ccc(N2CCCNS2(=O)=O)cc1. The van der Waals surface area contributed by atoms with Gasteiger partial charge < -0.3 is 4.74 Å². The second kappa shape index (κ2) is 6.13.